The van der Waals surface area contributed by atoms with Crippen LogP contribution in [0.1, 0.15) is 15.9 Å². The molecule has 4 N–H and O–H groups in total. The van der Waals surface area contributed by atoms with Gasteiger partial charge in [-0.2, -0.15) is 0 Å². The number of carboxylic acids is 1. The molecule has 3 rings (SSSR count). The fraction of sp³-hybridized carbons (Fsp3) is 0.200. The molecule has 6 nitrogen and oxygen atoms in total. The molecule has 2 aromatic carbocycles. The summed E-state index contributed by atoms with van der Waals surface area (Å²) in [5, 5.41) is 31.6. The number of hydrogen-bond acceptors (Lipinski definition) is 5. The van der Waals surface area contributed by atoms with E-state index in [1.54, 1.807) is 6.07 Å². The van der Waals surface area contributed by atoms with Crippen LogP contribution in [-0.2, 0) is 0 Å². The number of carbonyl (C=O) groups is 1. The monoisotopic (exact) mass is 352 g/mol. The average Bonchev–Trinajstić information content (AvgIpc) is 2.65. The van der Waals surface area contributed by atoms with Crippen LogP contribution in [0.4, 0.5) is 5.69 Å². The molecule has 0 fully saturated rings. The molecule has 0 radical (unpaired) electrons. The van der Waals surface area contributed by atoms with Gasteiger partial charge in [-0.05, 0) is 37.3 Å². The first-order chi connectivity index (χ1) is 12.5. The zero-order chi connectivity index (χ0) is 18.7. The Balaban J connectivity index is 2.02. The van der Waals surface area contributed by atoms with Gasteiger partial charge in [0, 0.05) is 23.2 Å². The van der Waals surface area contributed by atoms with E-state index >= 15 is 0 Å². The summed E-state index contributed by atoms with van der Waals surface area (Å²) < 4.78 is 0. The number of fused-ring (bicyclic) bond motifs is 1. The first-order valence-electron chi connectivity index (χ1n) is 8.26. The van der Waals surface area contributed by atoms with Crippen molar-refractivity contribution in [2.45, 2.75) is 13.0 Å². The number of carboxylic acid groups (broad SMARTS) is 1. The van der Waals surface area contributed by atoms with Gasteiger partial charge in [-0.1, -0.05) is 23.8 Å². The van der Waals surface area contributed by atoms with Crippen LogP contribution >= 0.6 is 0 Å². The molecule has 0 bridgehead atoms. The molecular weight excluding hydrogens is 332 g/mol. The summed E-state index contributed by atoms with van der Waals surface area (Å²) in [4.78, 5) is 16.3. The van der Waals surface area contributed by atoms with Crippen molar-refractivity contribution in [2.75, 3.05) is 18.5 Å². The molecule has 1 heterocycles. The van der Waals surface area contributed by atoms with Crippen molar-refractivity contribution in [3.8, 4) is 11.3 Å². The van der Waals surface area contributed by atoms with Crippen molar-refractivity contribution < 1.29 is 20.1 Å². The second-order valence-corrected chi connectivity index (χ2v) is 6.18. The normalized spacial score (nSPS) is 12.1. The molecule has 0 spiro atoms. The number of nitrogens with one attached hydrogen (secondary N) is 1. The minimum absolute atomic E-state index is 0.211. The van der Waals surface area contributed by atoms with Crippen molar-refractivity contribution >= 4 is 22.6 Å². The van der Waals surface area contributed by atoms with Gasteiger partial charge in [0.2, 0.25) is 0 Å². The Kier molecular flexibility index (Phi) is 5.16. The first kappa shape index (κ1) is 17.8. The number of aromatic carboxylic acids is 1. The van der Waals surface area contributed by atoms with Gasteiger partial charge in [0.25, 0.3) is 0 Å². The molecule has 0 aliphatic rings. The largest absolute Gasteiger partial charge is 0.478 e. The fourth-order valence-corrected chi connectivity index (χ4v) is 2.75. The zero-order valence-corrected chi connectivity index (χ0v) is 14.3. The molecular formula is C20H20N2O4. The van der Waals surface area contributed by atoms with E-state index in [4.69, 9.17) is 5.11 Å². The molecule has 1 unspecified atom stereocenters. The van der Waals surface area contributed by atoms with Gasteiger partial charge in [0.05, 0.1) is 29.5 Å². The van der Waals surface area contributed by atoms with Crippen LogP contribution in [-0.4, -0.2) is 45.5 Å². The van der Waals surface area contributed by atoms with E-state index in [0.29, 0.717) is 16.6 Å². The number of aryl methyl sites for hydroxylation is 1. The Morgan fingerprint density at radius 3 is 2.73 bits per heavy atom. The third-order valence-electron chi connectivity index (χ3n) is 4.11. The Morgan fingerprint density at radius 1 is 1.19 bits per heavy atom. The van der Waals surface area contributed by atoms with E-state index in [0.717, 1.165) is 16.8 Å². The second-order valence-electron chi connectivity index (χ2n) is 6.18. The van der Waals surface area contributed by atoms with Crippen molar-refractivity contribution in [1.82, 2.24) is 4.98 Å². The van der Waals surface area contributed by atoms with Crippen molar-refractivity contribution in [3.63, 3.8) is 0 Å². The Morgan fingerprint density at radius 2 is 2.00 bits per heavy atom. The summed E-state index contributed by atoms with van der Waals surface area (Å²) in [5.74, 6) is -0.996. The van der Waals surface area contributed by atoms with Crippen LogP contribution in [0.15, 0.2) is 48.5 Å². The summed E-state index contributed by atoms with van der Waals surface area (Å²) in [6.45, 7) is 1.81. The van der Waals surface area contributed by atoms with Crippen LogP contribution in [0.3, 0.4) is 0 Å². The summed E-state index contributed by atoms with van der Waals surface area (Å²) in [6.07, 6.45) is -0.848. The van der Waals surface area contributed by atoms with Crippen LogP contribution in [0.5, 0.6) is 0 Å². The van der Waals surface area contributed by atoms with Gasteiger partial charge in [0.1, 0.15) is 0 Å². The lowest BCUT2D eigenvalue weighted by molar-refractivity contribution is 0.0699. The van der Waals surface area contributed by atoms with Crippen LogP contribution in [0.25, 0.3) is 22.2 Å². The maximum atomic E-state index is 11.7. The highest BCUT2D eigenvalue weighted by molar-refractivity contribution is 6.04. The van der Waals surface area contributed by atoms with E-state index < -0.39 is 12.1 Å². The first-order valence-corrected chi connectivity index (χ1v) is 8.26. The van der Waals surface area contributed by atoms with Crippen molar-refractivity contribution in [2.24, 2.45) is 0 Å². The molecule has 0 saturated carbocycles. The average molecular weight is 352 g/mol. The molecule has 1 aromatic heterocycles. The number of benzene rings is 2. The van der Waals surface area contributed by atoms with E-state index in [-0.39, 0.29) is 18.7 Å². The highest BCUT2D eigenvalue weighted by Crippen LogP contribution is 2.27. The molecule has 0 aliphatic heterocycles. The third kappa shape index (κ3) is 3.82. The van der Waals surface area contributed by atoms with Crippen LogP contribution in [0.2, 0.25) is 0 Å². The number of aliphatic hydroxyl groups is 2. The number of pyridine rings is 1. The Labute approximate surface area is 150 Å². The zero-order valence-electron chi connectivity index (χ0n) is 14.3. The maximum absolute atomic E-state index is 11.7. The van der Waals surface area contributed by atoms with E-state index in [2.05, 4.69) is 10.3 Å². The van der Waals surface area contributed by atoms with Crippen LogP contribution < -0.4 is 5.32 Å². The molecule has 26 heavy (non-hydrogen) atoms. The minimum Gasteiger partial charge on any atom is -0.478 e. The summed E-state index contributed by atoms with van der Waals surface area (Å²) >= 11 is 0. The number of hydrogen-bond donors (Lipinski definition) is 4. The predicted octanol–water partition coefficient (Wildman–Crippen LogP) is 2.67. The fourth-order valence-electron chi connectivity index (χ4n) is 2.75. The van der Waals surface area contributed by atoms with Gasteiger partial charge in [-0.3, -0.25) is 0 Å². The molecule has 0 amide bonds. The van der Waals surface area contributed by atoms with Crippen molar-refractivity contribution in [1.29, 1.82) is 0 Å². The minimum atomic E-state index is -0.996. The van der Waals surface area contributed by atoms with E-state index in [1.807, 2.05) is 49.4 Å². The van der Waals surface area contributed by atoms with E-state index in [9.17, 15) is 15.0 Å². The standard InChI is InChI=1S/C20H20N2O4/c1-12-5-6-18-16(7-12)17(20(25)26)9-19(22-18)13-3-2-4-14(8-13)21-10-15(24)11-23/h2-9,15,21,23-24H,10-11H2,1H3,(H,25,26). The maximum Gasteiger partial charge on any atom is 0.336 e. The molecule has 0 aliphatic carbocycles. The quantitative estimate of drug-likeness (QED) is 0.544. The van der Waals surface area contributed by atoms with Gasteiger partial charge in [0.15, 0.2) is 0 Å². The molecule has 0 saturated heterocycles. The second kappa shape index (κ2) is 7.51. The van der Waals surface area contributed by atoms with Crippen LogP contribution in [0, 0.1) is 6.92 Å². The topological polar surface area (TPSA) is 103 Å². The summed E-state index contributed by atoms with van der Waals surface area (Å²) in [5.41, 5.74) is 3.88. The third-order valence-corrected chi connectivity index (χ3v) is 4.11. The number of aromatic nitrogens is 1. The van der Waals surface area contributed by atoms with Crippen molar-refractivity contribution in [3.05, 3.63) is 59.7 Å². The predicted molar refractivity (Wildman–Crippen MR) is 100 cm³/mol. The lowest BCUT2D eigenvalue weighted by Crippen LogP contribution is -2.22. The highest BCUT2D eigenvalue weighted by atomic mass is 16.4. The highest BCUT2D eigenvalue weighted by Gasteiger charge is 2.13. The summed E-state index contributed by atoms with van der Waals surface area (Å²) in [6, 6.07) is 14.5. The summed E-state index contributed by atoms with van der Waals surface area (Å²) in [7, 11) is 0. The van der Waals surface area contributed by atoms with Gasteiger partial charge >= 0.3 is 5.97 Å². The lowest BCUT2D eigenvalue weighted by atomic mass is 10.0. The number of anilines is 1. The number of nitrogens with zero attached hydrogens (tertiary/aromatic N) is 1. The molecule has 134 valence electrons. The number of aliphatic hydroxyl groups excluding tert-OH is 2. The van der Waals surface area contributed by atoms with Gasteiger partial charge in [-0.15, -0.1) is 0 Å². The van der Waals surface area contributed by atoms with E-state index in [1.165, 1.54) is 0 Å². The van der Waals surface area contributed by atoms with Gasteiger partial charge < -0.3 is 20.6 Å². The smallest absolute Gasteiger partial charge is 0.336 e. The SMILES string of the molecule is Cc1ccc2nc(-c3cccc(NCC(O)CO)c3)cc(C(=O)O)c2c1. The Hall–Kier alpha value is -2.96. The Bertz CT molecular complexity index is 956. The lowest BCUT2D eigenvalue weighted by Gasteiger charge is -2.12. The molecule has 3 aromatic rings. The molecule has 1 atom stereocenters. The van der Waals surface area contributed by atoms with Gasteiger partial charge in [-0.25, -0.2) is 9.78 Å². The number of rotatable bonds is 6. The molecule has 6 heteroatoms.